The number of rotatable bonds is 3. The van der Waals surface area contributed by atoms with Crippen molar-refractivity contribution >= 4 is 17.3 Å². The molecule has 1 fully saturated rings. The monoisotopic (exact) mass is 277 g/mol. The summed E-state index contributed by atoms with van der Waals surface area (Å²) < 4.78 is 5.57. The molecule has 5 heteroatoms. The third kappa shape index (κ3) is 3.49. The van der Waals surface area contributed by atoms with Gasteiger partial charge in [0.05, 0.1) is 30.6 Å². The largest absolute Gasteiger partial charge is 0.397 e. The number of amides is 1. The Morgan fingerprint density at radius 3 is 2.95 bits per heavy atom. The molecule has 1 aliphatic heterocycles. The van der Waals surface area contributed by atoms with Crippen molar-refractivity contribution in [3.8, 4) is 0 Å². The number of morpholine rings is 1. The van der Waals surface area contributed by atoms with E-state index in [1.54, 1.807) is 6.07 Å². The van der Waals surface area contributed by atoms with E-state index < -0.39 is 0 Å². The minimum Gasteiger partial charge on any atom is -0.397 e. The van der Waals surface area contributed by atoms with Crippen LogP contribution in [0.2, 0.25) is 0 Å². The quantitative estimate of drug-likeness (QED) is 0.824. The molecule has 0 spiro atoms. The molecule has 0 bridgehead atoms. The number of hydrogen-bond donors (Lipinski definition) is 2. The summed E-state index contributed by atoms with van der Waals surface area (Å²) in [6.07, 6.45) is 0.169. The van der Waals surface area contributed by atoms with Gasteiger partial charge in [-0.1, -0.05) is 12.1 Å². The average Bonchev–Trinajstić information content (AvgIpc) is 2.38. The molecule has 1 heterocycles. The van der Waals surface area contributed by atoms with Crippen LogP contribution in [0.25, 0.3) is 0 Å². The molecule has 2 unspecified atom stereocenters. The number of benzene rings is 1. The predicted molar refractivity (Wildman–Crippen MR) is 80.7 cm³/mol. The second kappa shape index (κ2) is 6.24. The SMILES string of the molecule is Cc1cccc(N)c1NC(=O)CN1CC(C)OCC1C. The first-order valence-corrected chi connectivity index (χ1v) is 6.98. The van der Waals surface area contributed by atoms with E-state index in [4.69, 9.17) is 10.5 Å². The van der Waals surface area contributed by atoms with E-state index in [-0.39, 0.29) is 18.1 Å². The van der Waals surface area contributed by atoms with Gasteiger partial charge in [0.15, 0.2) is 0 Å². The van der Waals surface area contributed by atoms with Crippen molar-refractivity contribution in [2.75, 3.05) is 30.7 Å². The molecule has 110 valence electrons. The maximum absolute atomic E-state index is 12.2. The van der Waals surface area contributed by atoms with Gasteiger partial charge >= 0.3 is 0 Å². The van der Waals surface area contributed by atoms with Crippen molar-refractivity contribution in [1.29, 1.82) is 0 Å². The van der Waals surface area contributed by atoms with Gasteiger partial charge in [-0.3, -0.25) is 9.69 Å². The van der Waals surface area contributed by atoms with E-state index in [9.17, 15) is 4.79 Å². The number of ether oxygens (including phenoxy) is 1. The summed E-state index contributed by atoms with van der Waals surface area (Å²) in [4.78, 5) is 14.3. The van der Waals surface area contributed by atoms with Gasteiger partial charge in [-0.15, -0.1) is 0 Å². The molecule has 0 aliphatic carbocycles. The number of para-hydroxylation sites is 1. The van der Waals surface area contributed by atoms with Crippen LogP contribution in [0.15, 0.2) is 18.2 Å². The Balaban J connectivity index is 1.98. The fraction of sp³-hybridized carbons (Fsp3) is 0.533. The Labute approximate surface area is 120 Å². The lowest BCUT2D eigenvalue weighted by Gasteiger charge is -2.36. The lowest BCUT2D eigenvalue weighted by molar-refractivity contribution is -0.121. The summed E-state index contributed by atoms with van der Waals surface area (Å²) in [7, 11) is 0. The van der Waals surface area contributed by atoms with Crippen LogP contribution >= 0.6 is 0 Å². The zero-order valence-corrected chi connectivity index (χ0v) is 12.3. The highest BCUT2D eigenvalue weighted by atomic mass is 16.5. The molecule has 0 aromatic heterocycles. The van der Waals surface area contributed by atoms with Gasteiger partial charge in [-0.05, 0) is 32.4 Å². The van der Waals surface area contributed by atoms with Gasteiger partial charge in [0.1, 0.15) is 0 Å². The molecule has 2 rings (SSSR count). The number of aryl methyl sites for hydroxylation is 1. The van der Waals surface area contributed by atoms with Crippen molar-refractivity contribution in [2.24, 2.45) is 0 Å². The summed E-state index contributed by atoms with van der Waals surface area (Å²) >= 11 is 0. The molecular weight excluding hydrogens is 254 g/mol. The smallest absolute Gasteiger partial charge is 0.238 e. The minimum atomic E-state index is -0.0352. The van der Waals surface area contributed by atoms with Gasteiger partial charge in [0, 0.05) is 12.6 Å². The van der Waals surface area contributed by atoms with Gasteiger partial charge in [0.2, 0.25) is 5.91 Å². The molecule has 1 aromatic rings. The molecule has 1 aromatic carbocycles. The van der Waals surface area contributed by atoms with E-state index in [2.05, 4.69) is 17.1 Å². The van der Waals surface area contributed by atoms with Gasteiger partial charge in [-0.2, -0.15) is 0 Å². The van der Waals surface area contributed by atoms with E-state index in [1.165, 1.54) is 0 Å². The van der Waals surface area contributed by atoms with Crippen molar-refractivity contribution in [3.63, 3.8) is 0 Å². The first kappa shape index (κ1) is 14.8. The van der Waals surface area contributed by atoms with Crippen LogP contribution in [0.1, 0.15) is 19.4 Å². The fourth-order valence-electron chi connectivity index (χ4n) is 2.42. The van der Waals surface area contributed by atoms with Crippen LogP contribution in [-0.4, -0.2) is 42.6 Å². The molecule has 3 N–H and O–H groups in total. The topological polar surface area (TPSA) is 67.6 Å². The van der Waals surface area contributed by atoms with E-state index in [0.29, 0.717) is 24.5 Å². The maximum Gasteiger partial charge on any atom is 0.238 e. The van der Waals surface area contributed by atoms with Crippen LogP contribution in [-0.2, 0) is 9.53 Å². The fourth-order valence-corrected chi connectivity index (χ4v) is 2.42. The zero-order valence-electron chi connectivity index (χ0n) is 12.3. The second-order valence-electron chi connectivity index (χ2n) is 5.51. The third-order valence-electron chi connectivity index (χ3n) is 3.65. The first-order valence-electron chi connectivity index (χ1n) is 6.98. The normalized spacial score (nSPS) is 23.6. The average molecular weight is 277 g/mol. The number of nitrogen functional groups attached to an aromatic ring is 1. The van der Waals surface area contributed by atoms with E-state index in [0.717, 1.165) is 12.1 Å². The number of nitrogens with two attached hydrogens (primary N) is 1. The van der Waals surface area contributed by atoms with Crippen LogP contribution < -0.4 is 11.1 Å². The predicted octanol–water partition coefficient (Wildman–Crippen LogP) is 1.62. The van der Waals surface area contributed by atoms with Crippen molar-refractivity contribution in [2.45, 2.75) is 32.9 Å². The van der Waals surface area contributed by atoms with Gasteiger partial charge in [-0.25, -0.2) is 0 Å². The number of nitrogens with zero attached hydrogens (tertiary/aromatic N) is 1. The van der Waals surface area contributed by atoms with E-state index in [1.807, 2.05) is 26.0 Å². The Bertz CT molecular complexity index is 470. The molecule has 1 amide bonds. The summed E-state index contributed by atoms with van der Waals surface area (Å²) in [5, 5.41) is 2.91. The van der Waals surface area contributed by atoms with Crippen molar-refractivity contribution in [1.82, 2.24) is 4.90 Å². The first-order chi connectivity index (χ1) is 9.47. The molecule has 20 heavy (non-hydrogen) atoms. The molecule has 1 saturated heterocycles. The number of nitrogens with one attached hydrogen (secondary N) is 1. The van der Waals surface area contributed by atoms with Crippen molar-refractivity contribution in [3.05, 3.63) is 23.8 Å². The highest BCUT2D eigenvalue weighted by Crippen LogP contribution is 2.22. The third-order valence-corrected chi connectivity index (χ3v) is 3.65. The lowest BCUT2D eigenvalue weighted by Crippen LogP contribution is -2.50. The van der Waals surface area contributed by atoms with Crippen LogP contribution in [0.3, 0.4) is 0 Å². The molecule has 1 aliphatic rings. The summed E-state index contributed by atoms with van der Waals surface area (Å²) in [5.74, 6) is -0.0352. The molecule has 0 saturated carbocycles. The van der Waals surface area contributed by atoms with Crippen LogP contribution in [0, 0.1) is 6.92 Å². The number of carbonyl (C=O) groups excluding carboxylic acids is 1. The highest BCUT2D eigenvalue weighted by molar-refractivity contribution is 5.96. The molecule has 5 nitrogen and oxygen atoms in total. The summed E-state index contributed by atoms with van der Waals surface area (Å²) in [5.41, 5.74) is 8.19. The molecule has 2 atom stereocenters. The van der Waals surface area contributed by atoms with Gasteiger partial charge in [0.25, 0.3) is 0 Å². The van der Waals surface area contributed by atoms with Gasteiger partial charge < -0.3 is 15.8 Å². The van der Waals surface area contributed by atoms with Crippen LogP contribution in [0.5, 0.6) is 0 Å². The minimum absolute atomic E-state index is 0.0352. The highest BCUT2D eigenvalue weighted by Gasteiger charge is 2.25. The Morgan fingerprint density at radius 1 is 1.50 bits per heavy atom. The number of carbonyl (C=O) groups is 1. The molecular formula is C15H23N3O2. The Kier molecular flexibility index (Phi) is 4.62. The number of hydrogen-bond acceptors (Lipinski definition) is 4. The Morgan fingerprint density at radius 2 is 2.25 bits per heavy atom. The molecule has 0 radical (unpaired) electrons. The number of anilines is 2. The van der Waals surface area contributed by atoms with Crippen LogP contribution in [0.4, 0.5) is 11.4 Å². The summed E-state index contributed by atoms with van der Waals surface area (Å²) in [6, 6.07) is 5.87. The zero-order chi connectivity index (χ0) is 14.7. The van der Waals surface area contributed by atoms with E-state index >= 15 is 0 Å². The van der Waals surface area contributed by atoms with Crippen molar-refractivity contribution < 1.29 is 9.53 Å². The second-order valence-corrected chi connectivity index (χ2v) is 5.51. The summed E-state index contributed by atoms with van der Waals surface area (Å²) in [6.45, 7) is 7.84. The standard InChI is InChI=1S/C15H23N3O2/c1-10-5-4-6-13(16)15(10)17-14(19)8-18-7-12(3)20-9-11(18)2/h4-6,11-12H,7-9,16H2,1-3H3,(H,17,19). The lowest BCUT2D eigenvalue weighted by atomic mass is 10.1. The maximum atomic E-state index is 12.2. The Hall–Kier alpha value is -1.59.